The molecule has 2 aromatic rings. The van der Waals surface area contributed by atoms with Crippen LogP contribution in [0, 0.1) is 0 Å². The summed E-state index contributed by atoms with van der Waals surface area (Å²) in [4.78, 5) is 13.9. The Morgan fingerprint density at radius 2 is 1.84 bits per heavy atom. The minimum Gasteiger partial charge on any atom is -0.333 e. The monoisotopic (exact) mass is 253 g/mol. The van der Waals surface area contributed by atoms with Crippen molar-refractivity contribution < 1.29 is 4.79 Å². The van der Waals surface area contributed by atoms with Gasteiger partial charge in [-0.15, -0.1) is 0 Å². The van der Waals surface area contributed by atoms with Crippen LogP contribution in [-0.2, 0) is 4.79 Å². The molecule has 2 aromatic carbocycles. The van der Waals surface area contributed by atoms with Gasteiger partial charge in [-0.05, 0) is 36.1 Å². The van der Waals surface area contributed by atoms with Crippen LogP contribution in [0.1, 0.15) is 38.3 Å². The first kappa shape index (κ1) is 12.2. The van der Waals surface area contributed by atoms with Crippen LogP contribution in [0.5, 0.6) is 0 Å². The maximum absolute atomic E-state index is 11.9. The second-order valence-electron chi connectivity index (χ2n) is 5.40. The van der Waals surface area contributed by atoms with E-state index in [1.54, 1.807) is 6.92 Å². The Kier molecular flexibility index (Phi) is 3.02. The van der Waals surface area contributed by atoms with Gasteiger partial charge in [-0.25, -0.2) is 0 Å². The molecule has 3 rings (SSSR count). The van der Waals surface area contributed by atoms with Crippen LogP contribution >= 0.6 is 0 Å². The van der Waals surface area contributed by atoms with Crippen molar-refractivity contribution in [1.82, 2.24) is 4.90 Å². The maximum Gasteiger partial charge on any atom is 0.220 e. The standard InChI is InChI=1S/C17H19NO/c1-12(18(13(2)19)15-10-11-15)16-9-5-7-14-6-3-4-8-17(14)16/h3-9,12,15H,10-11H2,1-2H3/t12-/m1/s1. The van der Waals surface area contributed by atoms with Gasteiger partial charge in [-0.3, -0.25) is 4.79 Å². The Morgan fingerprint density at radius 3 is 2.53 bits per heavy atom. The molecule has 0 unspecified atom stereocenters. The third-order valence-corrected chi connectivity index (χ3v) is 3.99. The molecule has 0 spiro atoms. The van der Waals surface area contributed by atoms with Crippen LogP contribution in [0.4, 0.5) is 0 Å². The maximum atomic E-state index is 11.9. The molecular weight excluding hydrogens is 234 g/mol. The lowest BCUT2D eigenvalue weighted by molar-refractivity contribution is -0.131. The zero-order valence-electron chi connectivity index (χ0n) is 11.5. The van der Waals surface area contributed by atoms with E-state index in [0.717, 1.165) is 12.8 Å². The Labute approximate surface area is 114 Å². The molecule has 1 aliphatic carbocycles. The second kappa shape index (κ2) is 4.69. The fourth-order valence-electron chi connectivity index (χ4n) is 2.96. The molecule has 2 heteroatoms. The van der Waals surface area contributed by atoms with Crippen molar-refractivity contribution in [2.75, 3.05) is 0 Å². The topological polar surface area (TPSA) is 20.3 Å². The van der Waals surface area contributed by atoms with E-state index in [4.69, 9.17) is 0 Å². The van der Waals surface area contributed by atoms with Crippen molar-refractivity contribution in [2.24, 2.45) is 0 Å². The molecule has 98 valence electrons. The third kappa shape index (κ3) is 2.23. The van der Waals surface area contributed by atoms with Gasteiger partial charge in [0, 0.05) is 13.0 Å². The summed E-state index contributed by atoms with van der Waals surface area (Å²) in [6.45, 7) is 3.82. The first-order chi connectivity index (χ1) is 9.18. The van der Waals surface area contributed by atoms with Crippen LogP contribution in [0.3, 0.4) is 0 Å². The number of amides is 1. The van der Waals surface area contributed by atoms with Crippen LogP contribution in [0.2, 0.25) is 0 Å². The Bertz CT molecular complexity index is 610. The molecule has 0 heterocycles. The smallest absolute Gasteiger partial charge is 0.220 e. The van der Waals surface area contributed by atoms with Crippen LogP contribution < -0.4 is 0 Å². The number of benzene rings is 2. The van der Waals surface area contributed by atoms with Gasteiger partial charge in [0.05, 0.1) is 6.04 Å². The molecule has 0 saturated heterocycles. The third-order valence-electron chi connectivity index (χ3n) is 3.99. The molecule has 0 aromatic heterocycles. The minimum atomic E-state index is 0.149. The van der Waals surface area contributed by atoms with Crippen molar-refractivity contribution in [2.45, 2.75) is 38.8 Å². The van der Waals surface area contributed by atoms with Crippen molar-refractivity contribution in [1.29, 1.82) is 0 Å². The molecule has 0 bridgehead atoms. The Hall–Kier alpha value is -1.83. The van der Waals surface area contributed by atoms with Crippen molar-refractivity contribution in [3.05, 3.63) is 48.0 Å². The summed E-state index contributed by atoms with van der Waals surface area (Å²) in [5.41, 5.74) is 1.25. The fourth-order valence-corrected chi connectivity index (χ4v) is 2.96. The highest BCUT2D eigenvalue weighted by molar-refractivity contribution is 5.86. The van der Waals surface area contributed by atoms with Crippen molar-refractivity contribution in [3.63, 3.8) is 0 Å². The number of carbonyl (C=O) groups excluding carboxylic acids is 1. The molecule has 0 radical (unpaired) electrons. The molecule has 1 aliphatic rings. The zero-order chi connectivity index (χ0) is 13.4. The van der Waals surface area contributed by atoms with Gasteiger partial charge in [0.25, 0.3) is 0 Å². The number of fused-ring (bicyclic) bond motifs is 1. The number of hydrogen-bond acceptors (Lipinski definition) is 1. The summed E-state index contributed by atoms with van der Waals surface area (Å²) in [5.74, 6) is 0.183. The molecule has 2 nitrogen and oxygen atoms in total. The number of nitrogens with zero attached hydrogens (tertiary/aromatic N) is 1. The van der Waals surface area contributed by atoms with Gasteiger partial charge in [0.2, 0.25) is 5.91 Å². The summed E-state index contributed by atoms with van der Waals surface area (Å²) >= 11 is 0. The molecule has 1 fully saturated rings. The summed E-state index contributed by atoms with van der Waals surface area (Å²) in [5, 5.41) is 2.50. The summed E-state index contributed by atoms with van der Waals surface area (Å²) in [6.07, 6.45) is 2.30. The number of hydrogen-bond donors (Lipinski definition) is 0. The van der Waals surface area contributed by atoms with E-state index in [1.807, 2.05) is 4.90 Å². The van der Waals surface area contributed by atoms with Gasteiger partial charge in [0.1, 0.15) is 0 Å². The highest BCUT2D eigenvalue weighted by Crippen LogP contribution is 2.36. The van der Waals surface area contributed by atoms with Crippen LogP contribution in [0.25, 0.3) is 10.8 Å². The molecule has 1 amide bonds. The number of rotatable bonds is 3. The Balaban J connectivity index is 2.05. The first-order valence-electron chi connectivity index (χ1n) is 6.95. The van der Waals surface area contributed by atoms with Gasteiger partial charge in [-0.1, -0.05) is 42.5 Å². The van der Waals surface area contributed by atoms with Gasteiger partial charge in [-0.2, -0.15) is 0 Å². The lowest BCUT2D eigenvalue weighted by Crippen LogP contribution is -2.33. The van der Waals surface area contributed by atoms with Gasteiger partial charge >= 0.3 is 0 Å². The van der Waals surface area contributed by atoms with E-state index in [-0.39, 0.29) is 11.9 Å². The van der Waals surface area contributed by atoms with Gasteiger partial charge in [0.15, 0.2) is 0 Å². The SMILES string of the molecule is CC(=O)N(C1CC1)[C@H](C)c1cccc2ccccc12. The average Bonchev–Trinajstić information content (AvgIpc) is 3.22. The van der Waals surface area contributed by atoms with E-state index in [0.29, 0.717) is 6.04 Å². The van der Waals surface area contributed by atoms with Crippen molar-refractivity contribution in [3.8, 4) is 0 Å². The lowest BCUT2D eigenvalue weighted by atomic mass is 9.98. The molecule has 1 saturated carbocycles. The zero-order valence-corrected chi connectivity index (χ0v) is 11.5. The molecule has 0 aliphatic heterocycles. The lowest BCUT2D eigenvalue weighted by Gasteiger charge is -2.29. The van der Waals surface area contributed by atoms with Gasteiger partial charge < -0.3 is 4.90 Å². The summed E-state index contributed by atoms with van der Waals surface area (Å²) in [7, 11) is 0. The van der Waals surface area contributed by atoms with E-state index in [2.05, 4.69) is 49.4 Å². The van der Waals surface area contributed by atoms with Crippen LogP contribution in [-0.4, -0.2) is 16.8 Å². The predicted molar refractivity (Wildman–Crippen MR) is 77.9 cm³/mol. The van der Waals surface area contributed by atoms with E-state index in [1.165, 1.54) is 16.3 Å². The molecule has 1 atom stereocenters. The molecular formula is C17H19NO. The normalized spacial score (nSPS) is 16.3. The first-order valence-corrected chi connectivity index (χ1v) is 6.95. The number of carbonyl (C=O) groups is 1. The van der Waals surface area contributed by atoms with E-state index in [9.17, 15) is 4.79 Å². The summed E-state index contributed by atoms with van der Waals surface area (Å²) < 4.78 is 0. The quantitative estimate of drug-likeness (QED) is 0.812. The minimum absolute atomic E-state index is 0.149. The molecule has 0 N–H and O–H groups in total. The predicted octanol–water partition coefficient (Wildman–Crippen LogP) is 3.91. The summed E-state index contributed by atoms with van der Waals surface area (Å²) in [6, 6.07) is 15.3. The van der Waals surface area contributed by atoms with Crippen LogP contribution in [0.15, 0.2) is 42.5 Å². The largest absolute Gasteiger partial charge is 0.333 e. The Morgan fingerprint density at radius 1 is 1.16 bits per heavy atom. The fraction of sp³-hybridized carbons (Fsp3) is 0.353. The average molecular weight is 253 g/mol. The highest BCUT2D eigenvalue weighted by atomic mass is 16.2. The molecule has 19 heavy (non-hydrogen) atoms. The van der Waals surface area contributed by atoms with Crippen molar-refractivity contribution >= 4 is 16.7 Å². The van der Waals surface area contributed by atoms with E-state index < -0.39 is 0 Å². The highest BCUT2D eigenvalue weighted by Gasteiger charge is 2.34. The second-order valence-corrected chi connectivity index (χ2v) is 5.40. The van der Waals surface area contributed by atoms with E-state index >= 15 is 0 Å².